The average Bonchev–Trinajstić information content (AvgIpc) is 2.28. The van der Waals surface area contributed by atoms with Gasteiger partial charge >= 0.3 is 0 Å². The van der Waals surface area contributed by atoms with Crippen LogP contribution in [-0.4, -0.2) is 6.04 Å². The van der Waals surface area contributed by atoms with Gasteiger partial charge in [0.25, 0.3) is 0 Å². The van der Waals surface area contributed by atoms with Gasteiger partial charge in [0.1, 0.15) is 0 Å². The predicted molar refractivity (Wildman–Crippen MR) is 80.9 cm³/mol. The van der Waals surface area contributed by atoms with Gasteiger partial charge in [-0.3, -0.25) is 0 Å². The van der Waals surface area contributed by atoms with Crippen molar-refractivity contribution >= 4 is 0 Å². The molecule has 0 radical (unpaired) electrons. The van der Waals surface area contributed by atoms with Gasteiger partial charge in [0.05, 0.1) is 0 Å². The lowest BCUT2D eigenvalue weighted by Crippen LogP contribution is -2.26. The van der Waals surface area contributed by atoms with Crippen LogP contribution < -0.4 is 5.73 Å². The van der Waals surface area contributed by atoms with Crippen molar-refractivity contribution in [2.75, 3.05) is 0 Å². The van der Waals surface area contributed by atoms with E-state index in [0.717, 1.165) is 12.8 Å². The van der Waals surface area contributed by atoms with Crippen LogP contribution in [0.15, 0.2) is 24.3 Å². The zero-order valence-electron chi connectivity index (χ0n) is 12.7. The SMILES string of the molecule is CC(C)C(N)CCCc1ccc(C(C)(C)C)cc1. The van der Waals surface area contributed by atoms with Crippen molar-refractivity contribution in [3.63, 3.8) is 0 Å². The van der Waals surface area contributed by atoms with Crippen molar-refractivity contribution < 1.29 is 0 Å². The van der Waals surface area contributed by atoms with Crippen molar-refractivity contribution in [2.45, 2.75) is 65.3 Å². The highest BCUT2D eigenvalue weighted by molar-refractivity contribution is 5.27. The van der Waals surface area contributed by atoms with Gasteiger partial charge in [-0.05, 0) is 41.7 Å². The lowest BCUT2D eigenvalue weighted by atomic mass is 9.86. The molecule has 1 nitrogen and oxygen atoms in total. The third-order valence-corrected chi connectivity index (χ3v) is 3.68. The molecule has 18 heavy (non-hydrogen) atoms. The fraction of sp³-hybridized carbons (Fsp3) is 0.647. The first-order chi connectivity index (χ1) is 8.30. The minimum Gasteiger partial charge on any atom is -0.327 e. The zero-order chi connectivity index (χ0) is 13.8. The van der Waals surface area contributed by atoms with Gasteiger partial charge in [0, 0.05) is 6.04 Å². The molecule has 0 spiro atoms. The summed E-state index contributed by atoms with van der Waals surface area (Å²) < 4.78 is 0. The molecule has 0 saturated carbocycles. The first kappa shape index (κ1) is 15.2. The Hall–Kier alpha value is -0.820. The monoisotopic (exact) mass is 247 g/mol. The van der Waals surface area contributed by atoms with E-state index in [1.807, 2.05) is 0 Å². The average molecular weight is 247 g/mol. The maximum atomic E-state index is 6.06. The Kier molecular flexibility index (Phi) is 5.40. The van der Waals surface area contributed by atoms with Crippen LogP contribution in [0, 0.1) is 5.92 Å². The highest BCUT2D eigenvalue weighted by Gasteiger charge is 2.12. The van der Waals surface area contributed by atoms with Crippen LogP contribution in [0.25, 0.3) is 0 Å². The summed E-state index contributed by atoms with van der Waals surface area (Å²) in [4.78, 5) is 0. The summed E-state index contributed by atoms with van der Waals surface area (Å²) in [5, 5.41) is 0. The first-order valence-corrected chi connectivity index (χ1v) is 7.15. The minimum atomic E-state index is 0.249. The van der Waals surface area contributed by atoms with Gasteiger partial charge in [0.15, 0.2) is 0 Å². The lowest BCUT2D eigenvalue weighted by Gasteiger charge is -2.19. The van der Waals surface area contributed by atoms with Crippen molar-refractivity contribution in [2.24, 2.45) is 11.7 Å². The van der Waals surface area contributed by atoms with E-state index in [1.54, 1.807) is 0 Å². The molecule has 1 aromatic carbocycles. The highest BCUT2D eigenvalue weighted by Crippen LogP contribution is 2.22. The minimum absolute atomic E-state index is 0.249. The molecule has 1 unspecified atom stereocenters. The molecule has 102 valence electrons. The van der Waals surface area contributed by atoms with Crippen LogP contribution in [0.5, 0.6) is 0 Å². The molecule has 0 amide bonds. The summed E-state index contributed by atoms with van der Waals surface area (Å²) in [5.41, 5.74) is 9.15. The second kappa shape index (κ2) is 6.38. The van der Waals surface area contributed by atoms with Gasteiger partial charge in [-0.25, -0.2) is 0 Å². The Morgan fingerprint density at radius 2 is 1.61 bits per heavy atom. The number of aryl methyl sites for hydroxylation is 1. The summed E-state index contributed by atoms with van der Waals surface area (Å²) in [6, 6.07) is 9.40. The Bertz CT molecular complexity index is 343. The van der Waals surface area contributed by atoms with Crippen molar-refractivity contribution in [1.29, 1.82) is 0 Å². The van der Waals surface area contributed by atoms with E-state index >= 15 is 0 Å². The fourth-order valence-corrected chi connectivity index (χ4v) is 2.05. The van der Waals surface area contributed by atoms with E-state index in [0.29, 0.717) is 12.0 Å². The standard InChI is InChI=1S/C17H29N/c1-13(2)16(18)8-6-7-14-9-11-15(12-10-14)17(3,4)5/h9-13,16H,6-8,18H2,1-5H3. The van der Waals surface area contributed by atoms with Gasteiger partial charge in [-0.15, -0.1) is 0 Å². The summed E-state index contributed by atoms with van der Waals surface area (Å²) in [6.07, 6.45) is 3.46. The number of hydrogen-bond donors (Lipinski definition) is 1. The summed E-state index contributed by atoms with van der Waals surface area (Å²) in [7, 11) is 0. The largest absolute Gasteiger partial charge is 0.327 e. The molecule has 0 aliphatic rings. The molecular formula is C17H29N. The van der Waals surface area contributed by atoms with E-state index in [9.17, 15) is 0 Å². The summed E-state index contributed by atoms with van der Waals surface area (Å²) >= 11 is 0. The van der Waals surface area contributed by atoms with Crippen LogP contribution in [0.3, 0.4) is 0 Å². The van der Waals surface area contributed by atoms with E-state index in [-0.39, 0.29) is 5.41 Å². The third-order valence-electron chi connectivity index (χ3n) is 3.68. The van der Waals surface area contributed by atoms with Crippen LogP contribution in [0.2, 0.25) is 0 Å². The Morgan fingerprint density at radius 1 is 1.06 bits per heavy atom. The number of rotatable bonds is 5. The highest BCUT2D eigenvalue weighted by atomic mass is 14.6. The maximum absolute atomic E-state index is 6.06. The molecule has 1 aromatic rings. The molecule has 0 heterocycles. The molecule has 1 rings (SSSR count). The van der Waals surface area contributed by atoms with Gasteiger partial charge in [-0.2, -0.15) is 0 Å². The fourth-order valence-electron chi connectivity index (χ4n) is 2.05. The molecule has 0 aliphatic heterocycles. The quantitative estimate of drug-likeness (QED) is 0.825. The van der Waals surface area contributed by atoms with Gasteiger partial charge < -0.3 is 5.73 Å². The number of benzene rings is 1. The van der Waals surface area contributed by atoms with E-state index in [2.05, 4.69) is 58.9 Å². The van der Waals surface area contributed by atoms with Crippen molar-refractivity contribution in [1.82, 2.24) is 0 Å². The Morgan fingerprint density at radius 3 is 2.06 bits per heavy atom. The van der Waals surface area contributed by atoms with Crippen molar-refractivity contribution in [3.05, 3.63) is 35.4 Å². The molecule has 0 saturated heterocycles. The van der Waals surface area contributed by atoms with Gasteiger partial charge in [-0.1, -0.05) is 58.9 Å². The predicted octanol–water partition coefficient (Wildman–Crippen LogP) is 4.29. The maximum Gasteiger partial charge on any atom is 0.00620 e. The van der Waals surface area contributed by atoms with Gasteiger partial charge in [0.2, 0.25) is 0 Å². The van der Waals surface area contributed by atoms with Crippen LogP contribution in [-0.2, 0) is 11.8 Å². The van der Waals surface area contributed by atoms with Crippen LogP contribution >= 0.6 is 0 Å². The molecule has 1 atom stereocenters. The zero-order valence-corrected chi connectivity index (χ0v) is 12.7. The second-order valence-corrected chi connectivity index (χ2v) is 6.75. The lowest BCUT2D eigenvalue weighted by molar-refractivity contribution is 0.452. The van der Waals surface area contributed by atoms with Crippen LogP contribution in [0.1, 0.15) is 58.6 Å². The molecule has 1 heteroatoms. The normalized spacial score (nSPS) is 13.9. The van der Waals surface area contributed by atoms with Crippen molar-refractivity contribution in [3.8, 4) is 0 Å². The second-order valence-electron chi connectivity index (χ2n) is 6.75. The molecule has 0 bridgehead atoms. The van der Waals surface area contributed by atoms with E-state index < -0.39 is 0 Å². The molecule has 0 aliphatic carbocycles. The molecular weight excluding hydrogens is 218 g/mol. The number of nitrogens with two attached hydrogens (primary N) is 1. The number of hydrogen-bond acceptors (Lipinski definition) is 1. The molecule has 0 fully saturated rings. The smallest absolute Gasteiger partial charge is 0.00620 e. The first-order valence-electron chi connectivity index (χ1n) is 7.15. The Balaban J connectivity index is 2.45. The summed E-state index contributed by atoms with van der Waals surface area (Å²) in [5.74, 6) is 0.591. The van der Waals surface area contributed by atoms with E-state index in [4.69, 9.17) is 5.73 Å². The molecule has 0 aromatic heterocycles. The van der Waals surface area contributed by atoms with Crippen LogP contribution in [0.4, 0.5) is 0 Å². The third kappa shape index (κ3) is 4.81. The summed E-state index contributed by atoms with van der Waals surface area (Å²) in [6.45, 7) is 11.2. The topological polar surface area (TPSA) is 26.0 Å². The Labute approximate surface area is 113 Å². The van der Waals surface area contributed by atoms with E-state index in [1.165, 1.54) is 17.5 Å². The molecule has 2 N–H and O–H groups in total.